The van der Waals surface area contributed by atoms with E-state index in [0.717, 1.165) is 0 Å². The van der Waals surface area contributed by atoms with E-state index >= 15 is 0 Å². The van der Waals surface area contributed by atoms with E-state index in [1.807, 2.05) is 0 Å². The van der Waals surface area contributed by atoms with Crippen molar-refractivity contribution in [1.82, 2.24) is 9.78 Å². The minimum atomic E-state index is -0.581. The minimum absolute atomic E-state index is 0.170. The molecule has 5 heteroatoms. The molecule has 14 heavy (non-hydrogen) atoms. The summed E-state index contributed by atoms with van der Waals surface area (Å²) < 4.78 is 14.7. The van der Waals surface area contributed by atoms with Gasteiger partial charge in [-0.3, -0.25) is 9.48 Å². The number of nitrogens with zero attached hydrogens (tertiary/aromatic N) is 2. The largest absolute Gasteiger partial charge is 0.366 e. The maximum Gasteiger partial charge on any atom is 0.249 e. The van der Waals surface area contributed by atoms with E-state index in [2.05, 4.69) is 5.10 Å². The molecule has 0 radical (unpaired) electrons. The number of nitrogens with two attached hydrogens (primary N) is 1. The van der Waals surface area contributed by atoms with Gasteiger partial charge in [0, 0.05) is 18.6 Å². The third-order valence-corrected chi connectivity index (χ3v) is 2.01. The third-order valence-electron chi connectivity index (χ3n) is 2.01. The van der Waals surface area contributed by atoms with E-state index in [0.29, 0.717) is 5.39 Å². The fraction of sp³-hybridized carbons (Fsp3) is 0.111. The Balaban J connectivity index is 2.87. The average molecular weight is 193 g/mol. The second kappa shape index (κ2) is 2.80. The van der Waals surface area contributed by atoms with Gasteiger partial charge in [-0.25, -0.2) is 4.39 Å². The second-order valence-corrected chi connectivity index (χ2v) is 3.02. The second-order valence-electron chi connectivity index (χ2n) is 3.02. The van der Waals surface area contributed by atoms with Crippen molar-refractivity contribution in [3.8, 4) is 0 Å². The molecule has 1 aromatic heterocycles. The molecule has 0 aliphatic carbocycles. The van der Waals surface area contributed by atoms with Crippen LogP contribution in [0.3, 0.4) is 0 Å². The van der Waals surface area contributed by atoms with Crippen molar-refractivity contribution in [1.29, 1.82) is 0 Å². The van der Waals surface area contributed by atoms with Crippen LogP contribution in [-0.2, 0) is 7.05 Å². The van der Waals surface area contributed by atoms with E-state index in [1.54, 1.807) is 13.2 Å². The lowest BCUT2D eigenvalue weighted by Crippen LogP contribution is -2.11. The highest BCUT2D eigenvalue weighted by atomic mass is 19.1. The fourth-order valence-corrected chi connectivity index (χ4v) is 1.40. The molecule has 1 aromatic carbocycles. The minimum Gasteiger partial charge on any atom is -0.366 e. The Bertz CT molecular complexity index is 518. The zero-order valence-corrected chi connectivity index (χ0v) is 7.49. The number of amides is 1. The molecule has 0 aliphatic heterocycles. The first-order chi connectivity index (χ1) is 6.59. The van der Waals surface area contributed by atoms with Crippen molar-refractivity contribution in [3.63, 3.8) is 0 Å². The number of hydrogen-bond donors (Lipinski definition) is 1. The summed E-state index contributed by atoms with van der Waals surface area (Å²) in [4.78, 5) is 11.0. The highest BCUT2D eigenvalue weighted by Crippen LogP contribution is 2.19. The topological polar surface area (TPSA) is 60.9 Å². The smallest absolute Gasteiger partial charge is 0.249 e. The fourth-order valence-electron chi connectivity index (χ4n) is 1.40. The molecule has 0 fully saturated rings. The van der Waals surface area contributed by atoms with Gasteiger partial charge in [-0.15, -0.1) is 0 Å². The van der Waals surface area contributed by atoms with Crippen molar-refractivity contribution >= 4 is 16.8 Å². The van der Waals surface area contributed by atoms with E-state index < -0.39 is 11.7 Å². The number of rotatable bonds is 1. The van der Waals surface area contributed by atoms with Gasteiger partial charge in [0.1, 0.15) is 5.52 Å². The van der Waals surface area contributed by atoms with Gasteiger partial charge in [0.15, 0.2) is 5.82 Å². The molecule has 1 heterocycles. The highest BCUT2D eigenvalue weighted by molar-refractivity contribution is 6.05. The van der Waals surface area contributed by atoms with Gasteiger partial charge in [0.25, 0.3) is 0 Å². The Labute approximate surface area is 79.1 Å². The van der Waals surface area contributed by atoms with Crippen molar-refractivity contribution in [2.24, 2.45) is 12.8 Å². The Morgan fingerprint density at radius 3 is 2.93 bits per heavy atom. The first-order valence-electron chi connectivity index (χ1n) is 4.01. The molecule has 0 saturated carbocycles. The number of benzene rings is 1. The summed E-state index contributed by atoms with van der Waals surface area (Å²) in [6.45, 7) is 0. The van der Waals surface area contributed by atoms with Gasteiger partial charge in [0.05, 0.1) is 5.56 Å². The van der Waals surface area contributed by atoms with Crippen molar-refractivity contribution in [3.05, 3.63) is 29.7 Å². The van der Waals surface area contributed by atoms with Gasteiger partial charge in [-0.1, -0.05) is 0 Å². The van der Waals surface area contributed by atoms with Gasteiger partial charge < -0.3 is 5.73 Å². The average Bonchev–Trinajstić information content (AvgIpc) is 2.47. The molecule has 0 saturated heterocycles. The van der Waals surface area contributed by atoms with Crippen molar-refractivity contribution < 1.29 is 9.18 Å². The van der Waals surface area contributed by atoms with E-state index in [9.17, 15) is 9.18 Å². The van der Waals surface area contributed by atoms with Gasteiger partial charge in [-0.2, -0.15) is 5.10 Å². The van der Waals surface area contributed by atoms with Crippen LogP contribution >= 0.6 is 0 Å². The van der Waals surface area contributed by atoms with E-state index in [-0.39, 0.29) is 11.1 Å². The van der Waals surface area contributed by atoms with Crippen LogP contribution in [0.25, 0.3) is 10.9 Å². The number of primary amides is 1. The van der Waals surface area contributed by atoms with Crippen LogP contribution in [0.2, 0.25) is 0 Å². The van der Waals surface area contributed by atoms with Crippen LogP contribution < -0.4 is 5.73 Å². The summed E-state index contributed by atoms with van der Waals surface area (Å²) in [6.07, 6.45) is 1.57. The molecule has 1 amide bonds. The monoisotopic (exact) mass is 193 g/mol. The van der Waals surface area contributed by atoms with Crippen LogP contribution in [-0.4, -0.2) is 15.7 Å². The number of hydrogen-bond acceptors (Lipinski definition) is 2. The predicted molar refractivity (Wildman–Crippen MR) is 49.2 cm³/mol. The molecule has 0 spiro atoms. The summed E-state index contributed by atoms with van der Waals surface area (Å²) in [7, 11) is 1.66. The molecule has 2 aromatic rings. The van der Waals surface area contributed by atoms with Crippen LogP contribution in [0.5, 0.6) is 0 Å². The lowest BCUT2D eigenvalue weighted by Gasteiger charge is -1.96. The first kappa shape index (κ1) is 8.68. The number of carbonyl (C=O) groups excluding carboxylic acids is 1. The Morgan fingerprint density at radius 2 is 2.29 bits per heavy atom. The predicted octanol–water partition coefficient (Wildman–Crippen LogP) is 0.811. The van der Waals surface area contributed by atoms with Crippen molar-refractivity contribution in [2.45, 2.75) is 0 Å². The first-order valence-corrected chi connectivity index (χ1v) is 4.01. The maximum absolute atomic E-state index is 13.2. The standard InChI is InChI=1S/C9H8FN3O/c1-13-4-6-5(9(11)14)2-3-7(10)8(6)12-13/h2-4H,1H3,(H2,11,14). The molecule has 72 valence electrons. The van der Waals surface area contributed by atoms with Crippen molar-refractivity contribution in [2.75, 3.05) is 0 Å². The molecule has 0 unspecified atom stereocenters. The summed E-state index contributed by atoms with van der Waals surface area (Å²) in [5, 5.41) is 4.33. The molecule has 2 rings (SSSR count). The molecule has 0 atom stereocenters. The zero-order valence-electron chi connectivity index (χ0n) is 7.49. The highest BCUT2D eigenvalue weighted by Gasteiger charge is 2.12. The number of aromatic nitrogens is 2. The zero-order chi connectivity index (χ0) is 10.3. The molecule has 0 bridgehead atoms. The maximum atomic E-state index is 13.2. The number of aryl methyl sites for hydroxylation is 1. The Kier molecular flexibility index (Phi) is 1.73. The summed E-state index contributed by atoms with van der Waals surface area (Å²) in [5.74, 6) is -1.03. The van der Waals surface area contributed by atoms with Crippen LogP contribution in [0.4, 0.5) is 4.39 Å². The number of carbonyl (C=O) groups is 1. The molecular weight excluding hydrogens is 185 g/mol. The SMILES string of the molecule is Cn1cc2c(C(N)=O)ccc(F)c2n1. The Morgan fingerprint density at radius 1 is 1.57 bits per heavy atom. The van der Waals surface area contributed by atoms with Crippen LogP contribution in [0.1, 0.15) is 10.4 Å². The van der Waals surface area contributed by atoms with Gasteiger partial charge in [0.2, 0.25) is 5.91 Å². The molecule has 4 nitrogen and oxygen atoms in total. The summed E-state index contributed by atoms with van der Waals surface area (Å²) in [6, 6.07) is 2.55. The lowest BCUT2D eigenvalue weighted by atomic mass is 10.1. The summed E-state index contributed by atoms with van der Waals surface area (Å²) in [5.41, 5.74) is 5.60. The number of fused-ring (bicyclic) bond motifs is 1. The normalized spacial score (nSPS) is 10.7. The lowest BCUT2D eigenvalue weighted by molar-refractivity contribution is 0.100. The van der Waals surface area contributed by atoms with Crippen LogP contribution in [0.15, 0.2) is 18.3 Å². The number of halogens is 1. The molecule has 0 aliphatic rings. The van der Waals surface area contributed by atoms with E-state index in [4.69, 9.17) is 5.73 Å². The van der Waals surface area contributed by atoms with Gasteiger partial charge >= 0.3 is 0 Å². The Hall–Kier alpha value is -1.91. The quantitative estimate of drug-likeness (QED) is 0.728. The molecular formula is C9H8FN3O. The summed E-state index contributed by atoms with van der Waals surface area (Å²) >= 11 is 0. The molecule has 2 N–H and O–H groups in total. The van der Waals surface area contributed by atoms with Gasteiger partial charge in [-0.05, 0) is 12.1 Å². The third kappa shape index (κ3) is 1.14. The van der Waals surface area contributed by atoms with Crippen LogP contribution in [0, 0.1) is 5.82 Å². The van der Waals surface area contributed by atoms with E-state index in [1.165, 1.54) is 16.8 Å².